The van der Waals surface area contributed by atoms with Crippen LogP contribution in [-0.2, 0) is 6.54 Å². The highest BCUT2D eigenvalue weighted by Crippen LogP contribution is 2.33. The fourth-order valence-corrected chi connectivity index (χ4v) is 5.42. The molecule has 5 rings (SSSR count). The Balaban J connectivity index is 1.46. The molecule has 0 spiro atoms. The summed E-state index contributed by atoms with van der Waals surface area (Å²) in [6.45, 7) is 7.02. The maximum atomic E-state index is 13.7. The Morgan fingerprint density at radius 2 is 1.59 bits per heavy atom. The van der Waals surface area contributed by atoms with Crippen LogP contribution >= 0.6 is 0 Å². The van der Waals surface area contributed by atoms with Crippen LogP contribution in [0.1, 0.15) is 30.9 Å². The van der Waals surface area contributed by atoms with Crippen molar-refractivity contribution in [3.63, 3.8) is 0 Å². The molecule has 0 fully saturated rings. The lowest BCUT2D eigenvalue weighted by Gasteiger charge is -2.19. The number of methoxy groups -OCH3 is 1. The maximum Gasteiger partial charge on any atom is 0.212 e. The van der Waals surface area contributed by atoms with Crippen LogP contribution in [0, 0.1) is 19.8 Å². The molecule has 0 aliphatic rings. The third-order valence-corrected chi connectivity index (χ3v) is 8.16. The van der Waals surface area contributed by atoms with Crippen molar-refractivity contribution in [1.29, 1.82) is 0 Å². The summed E-state index contributed by atoms with van der Waals surface area (Å²) in [5.74, 6) is 1.56. The number of pyridine rings is 2. The van der Waals surface area contributed by atoms with Gasteiger partial charge in [0, 0.05) is 54.1 Å². The molecular weight excluding hydrogens is 548 g/mol. The van der Waals surface area contributed by atoms with Crippen LogP contribution in [0.2, 0.25) is 0 Å². The molecule has 0 amide bonds. The first-order valence-corrected chi connectivity index (χ1v) is 15.0. The van der Waals surface area contributed by atoms with Gasteiger partial charge in [0.05, 0.1) is 7.11 Å². The predicted molar refractivity (Wildman–Crippen MR) is 180 cm³/mol. The summed E-state index contributed by atoms with van der Waals surface area (Å²) in [4.78, 5) is 18.2. The van der Waals surface area contributed by atoms with Gasteiger partial charge in [-0.2, -0.15) is 0 Å². The van der Waals surface area contributed by atoms with Crippen molar-refractivity contribution in [3.8, 4) is 39.1 Å². The summed E-state index contributed by atoms with van der Waals surface area (Å²) in [5, 5.41) is 12.9. The van der Waals surface area contributed by atoms with Crippen molar-refractivity contribution in [1.82, 2.24) is 9.55 Å². The van der Waals surface area contributed by atoms with E-state index in [4.69, 9.17) is 10.5 Å². The van der Waals surface area contributed by atoms with Crippen molar-refractivity contribution >= 4 is 17.2 Å². The van der Waals surface area contributed by atoms with Gasteiger partial charge >= 0.3 is 0 Å². The van der Waals surface area contributed by atoms with Crippen LogP contribution in [0.5, 0.6) is 5.75 Å². The number of hydrogen-bond acceptors (Lipinski definition) is 6. The number of ether oxygens (including phenoxy) is 1. The highest BCUT2D eigenvalue weighted by Gasteiger charge is 2.14. The first-order valence-electron chi connectivity index (χ1n) is 15.0. The van der Waals surface area contributed by atoms with E-state index in [0.717, 1.165) is 56.8 Å². The molecule has 0 aliphatic carbocycles. The zero-order valence-electron chi connectivity index (χ0n) is 25.8. The summed E-state index contributed by atoms with van der Waals surface area (Å²) < 4.78 is 7.57. The van der Waals surface area contributed by atoms with Gasteiger partial charge in [0.1, 0.15) is 17.3 Å². The Kier molecular flexibility index (Phi) is 9.46. The molecule has 1 atom stereocenters. The van der Waals surface area contributed by atoms with Crippen molar-refractivity contribution in [3.05, 3.63) is 113 Å². The Bertz CT molecular complexity index is 1790. The Morgan fingerprint density at radius 1 is 0.909 bits per heavy atom. The lowest BCUT2D eigenvalue weighted by atomic mass is 10.00. The fourth-order valence-electron chi connectivity index (χ4n) is 5.42. The van der Waals surface area contributed by atoms with Gasteiger partial charge in [-0.25, -0.2) is 4.98 Å². The summed E-state index contributed by atoms with van der Waals surface area (Å²) in [5.41, 5.74) is 14.9. The molecule has 1 unspecified atom stereocenters. The monoisotopic (exact) mass is 588 g/mol. The van der Waals surface area contributed by atoms with Gasteiger partial charge < -0.3 is 25.5 Å². The highest BCUT2D eigenvalue weighted by atomic mass is 16.5. The molecule has 0 saturated carbocycles. The van der Waals surface area contributed by atoms with E-state index < -0.39 is 0 Å². The van der Waals surface area contributed by atoms with E-state index in [0.29, 0.717) is 36.0 Å². The minimum Gasteiger partial charge on any atom is -0.496 e. The van der Waals surface area contributed by atoms with Gasteiger partial charge in [0.15, 0.2) is 0 Å². The zero-order valence-corrected chi connectivity index (χ0v) is 25.8. The average molecular weight is 589 g/mol. The summed E-state index contributed by atoms with van der Waals surface area (Å²) >= 11 is 0. The Morgan fingerprint density at radius 3 is 2.27 bits per heavy atom. The first-order chi connectivity index (χ1) is 21.3. The van der Waals surface area contributed by atoms with Gasteiger partial charge in [0.2, 0.25) is 5.43 Å². The summed E-state index contributed by atoms with van der Waals surface area (Å²) in [6.07, 6.45) is 7.22. The van der Waals surface area contributed by atoms with E-state index in [1.54, 1.807) is 13.3 Å². The number of anilines is 3. The van der Waals surface area contributed by atoms with E-state index in [-0.39, 0.29) is 12.0 Å². The van der Waals surface area contributed by atoms with Crippen molar-refractivity contribution < 1.29 is 9.84 Å². The van der Waals surface area contributed by atoms with Crippen LogP contribution < -0.4 is 21.2 Å². The summed E-state index contributed by atoms with van der Waals surface area (Å²) in [6, 6.07) is 24.0. The highest BCUT2D eigenvalue weighted by molar-refractivity contribution is 5.81. The van der Waals surface area contributed by atoms with E-state index in [2.05, 4.69) is 21.8 Å². The number of hydrogen-bond donors (Lipinski definition) is 3. The number of aromatic nitrogens is 2. The number of nitrogens with zero attached hydrogens (tertiary/aromatic N) is 2. The molecule has 2 heterocycles. The number of aryl methyl sites for hydroxylation is 2. The minimum absolute atomic E-state index is 0.0703. The Hall–Kier alpha value is -4.88. The van der Waals surface area contributed by atoms with E-state index in [1.165, 1.54) is 0 Å². The lowest BCUT2D eigenvalue weighted by Crippen LogP contribution is -2.18. The molecule has 0 radical (unpaired) electrons. The normalized spacial score (nSPS) is 11.8. The molecule has 5 aromatic rings. The largest absolute Gasteiger partial charge is 0.496 e. The molecule has 44 heavy (non-hydrogen) atoms. The molecule has 0 saturated heterocycles. The zero-order chi connectivity index (χ0) is 31.2. The number of aliphatic hydroxyl groups excluding tert-OH is 1. The number of nitrogen functional groups attached to an aromatic ring is 1. The third kappa shape index (κ3) is 6.84. The lowest BCUT2D eigenvalue weighted by molar-refractivity contribution is 0.243. The van der Waals surface area contributed by atoms with Gasteiger partial charge in [-0.05, 0) is 72.7 Å². The molecular formula is C37H40N4O3. The topological polar surface area (TPSA) is 102 Å². The molecule has 4 N–H and O–H groups in total. The van der Waals surface area contributed by atoms with Gasteiger partial charge in [0.25, 0.3) is 0 Å². The number of aliphatic hydroxyl groups is 1. The van der Waals surface area contributed by atoms with Gasteiger partial charge in [-0.15, -0.1) is 0 Å². The van der Waals surface area contributed by atoms with Crippen LogP contribution in [0.25, 0.3) is 33.4 Å². The molecule has 226 valence electrons. The first kappa shape index (κ1) is 30.6. The molecule has 2 aromatic heterocycles. The van der Waals surface area contributed by atoms with Crippen LogP contribution in [0.15, 0.2) is 96.2 Å². The SMILES string of the molecule is CCC(CCO)Cn1cc(Nc2ccc(-c3cc(-c4ccc(C)c(OC)c4)cnc3N)cc2)c(=O)c(-c2ccc(C)cc2)c1. The van der Waals surface area contributed by atoms with Crippen LogP contribution in [0.4, 0.5) is 17.2 Å². The predicted octanol–water partition coefficient (Wildman–Crippen LogP) is 7.60. The van der Waals surface area contributed by atoms with E-state index >= 15 is 0 Å². The van der Waals surface area contributed by atoms with Crippen LogP contribution in [-0.4, -0.2) is 28.4 Å². The van der Waals surface area contributed by atoms with E-state index in [9.17, 15) is 9.90 Å². The molecule has 3 aromatic carbocycles. The second-order valence-corrected chi connectivity index (χ2v) is 11.3. The maximum absolute atomic E-state index is 13.7. The standard InChI is InChI=1S/C37H40N4O3/c1-5-26(16-17-42)21-41-22-33(28-9-6-24(2)7-10-28)36(43)34(23-41)40-31-14-12-27(13-15-31)32-18-30(20-39-37(32)38)29-11-8-25(3)35(19-29)44-4/h6-15,18-20,22-23,26,40,42H,5,16-17,21H2,1-4H3,(H2,38,39). The number of rotatable bonds is 11. The van der Waals surface area contributed by atoms with Gasteiger partial charge in [-0.1, -0.05) is 67.4 Å². The van der Waals surface area contributed by atoms with Crippen molar-refractivity contribution in [2.75, 3.05) is 24.8 Å². The number of benzene rings is 3. The number of nitrogens with one attached hydrogen (secondary N) is 1. The van der Waals surface area contributed by atoms with Crippen molar-refractivity contribution in [2.45, 2.75) is 40.2 Å². The smallest absolute Gasteiger partial charge is 0.212 e. The third-order valence-electron chi connectivity index (χ3n) is 8.16. The quantitative estimate of drug-likeness (QED) is 0.147. The number of nitrogens with two attached hydrogens (primary N) is 1. The Labute approximate surface area is 259 Å². The van der Waals surface area contributed by atoms with Crippen molar-refractivity contribution in [2.24, 2.45) is 5.92 Å². The average Bonchev–Trinajstić information content (AvgIpc) is 3.03. The second kappa shape index (κ2) is 13.6. The molecule has 0 bridgehead atoms. The molecule has 0 aliphatic heterocycles. The molecule has 7 nitrogen and oxygen atoms in total. The summed E-state index contributed by atoms with van der Waals surface area (Å²) in [7, 11) is 1.67. The minimum atomic E-state index is -0.0703. The van der Waals surface area contributed by atoms with E-state index in [1.807, 2.05) is 99.0 Å². The van der Waals surface area contributed by atoms with Crippen LogP contribution in [0.3, 0.4) is 0 Å². The second-order valence-electron chi connectivity index (χ2n) is 11.3. The fraction of sp³-hybridized carbons (Fsp3) is 0.243. The van der Waals surface area contributed by atoms with Gasteiger partial charge in [-0.3, -0.25) is 4.79 Å². The molecule has 7 heteroatoms.